The lowest BCUT2D eigenvalue weighted by molar-refractivity contribution is 0.300. The quantitative estimate of drug-likeness (QED) is 0.540. The van der Waals surface area contributed by atoms with Crippen molar-refractivity contribution in [3.05, 3.63) is 24.0 Å². The lowest BCUT2D eigenvalue weighted by Gasteiger charge is -2.12. The SMILES string of the molecule is CCCCNc1nc(N)ncc1OCc1nn(C)c2cc(OC)c(OC)cc12. The Morgan fingerprint density at radius 3 is 2.61 bits per heavy atom. The fourth-order valence-electron chi connectivity index (χ4n) is 2.91. The van der Waals surface area contributed by atoms with Gasteiger partial charge in [0.1, 0.15) is 12.3 Å². The number of fused-ring (bicyclic) bond motifs is 1. The Morgan fingerprint density at radius 2 is 1.89 bits per heavy atom. The van der Waals surface area contributed by atoms with Crippen LogP contribution >= 0.6 is 0 Å². The summed E-state index contributed by atoms with van der Waals surface area (Å²) in [5.41, 5.74) is 7.41. The molecule has 2 heterocycles. The predicted molar refractivity (Wildman–Crippen MR) is 108 cm³/mol. The minimum Gasteiger partial charge on any atom is -0.493 e. The molecule has 0 saturated carbocycles. The molecule has 2 aromatic heterocycles. The van der Waals surface area contributed by atoms with Crippen LogP contribution in [0.3, 0.4) is 0 Å². The molecule has 0 aliphatic carbocycles. The first kappa shape index (κ1) is 19.5. The number of nitrogens with zero attached hydrogens (tertiary/aromatic N) is 4. The Kier molecular flexibility index (Phi) is 6.03. The van der Waals surface area contributed by atoms with Gasteiger partial charge < -0.3 is 25.3 Å². The number of unbranched alkanes of at least 4 members (excludes halogenated alkanes) is 1. The summed E-state index contributed by atoms with van der Waals surface area (Å²) in [6.07, 6.45) is 3.68. The molecule has 3 aromatic rings. The number of nitrogens with two attached hydrogens (primary N) is 1. The van der Waals surface area contributed by atoms with Gasteiger partial charge in [-0.15, -0.1) is 0 Å². The maximum atomic E-state index is 5.97. The number of hydrogen-bond acceptors (Lipinski definition) is 8. The second kappa shape index (κ2) is 8.64. The first-order valence-corrected chi connectivity index (χ1v) is 9.14. The Bertz CT molecular complexity index is 956. The third-order valence-corrected chi connectivity index (χ3v) is 4.39. The summed E-state index contributed by atoms with van der Waals surface area (Å²) in [5, 5.41) is 8.75. The van der Waals surface area contributed by atoms with Gasteiger partial charge in [-0.2, -0.15) is 10.1 Å². The molecule has 9 heteroatoms. The van der Waals surface area contributed by atoms with Crippen LogP contribution in [0.1, 0.15) is 25.5 Å². The van der Waals surface area contributed by atoms with Gasteiger partial charge in [0, 0.05) is 25.0 Å². The molecule has 0 radical (unpaired) electrons. The van der Waals surface area contributed by atoms with Gasteiger partial charge in [-0.3, -0.25) is 4.68 Å². The summed E-state index contributed by atoms with van der Waals surface area (Å²) in [5.74, 6) is 2.61. The van der Waals surface area contributed by atoms with E-state index in [-0.39, 0.29) is 12.6 Å². The first-order valence-electron chi connectivity index (χ1n) is 9.14. The van der Waals surface area contributed by atoms with E-state index in [1.165, 1.54) is 0 Å². The summed E-state index contributed by atoms with van der Waals surface area (Å²) in [6.45, 7) is 3.16. The monoisotopic (exact) mass is 386 g/mol. The van der Waals surface area contributed by atoms with Crippen molar-refractivity contribution in [3.63, 3.8) is 0 Å². The van der Waals surface area contributed by atoms with Crippen molar-refractivity contribution in [2.45, 2.75) is 26.4 Å². The highest BCUT2D eigenvalue weighted by Crippen LogP contribution is 2.34. The van der Waals surface area contributed by atoms with E-state index in [9.17, 15) is 0 Å². The zero-order valence-electron chi connectivity index (χ0n) is 16.7. The van der Waals surface area contributed by atoms with Crippen molar-refractivity contribution >= 4 is 22.7 Å². The Labute approximate surface area is 163 Å². The standard InChI is InChI=1S/C19H26N6O3/c1-5-6-7-21-18-17(10-22-19(20)23-18)28-11-13-12-8-15(26-3)16(27-4)9-14(12)25(2)24-13/h8-10H,5-7,11H2,1-4H3,(H3,20,21,22,23). The van der Waals surface area contributed by atoms with Gasteiger partial charge in [0.15, 0.2) is 23.1 Å². The molecule has 0 unspecified atom stereocenters. The van der Waals surface area contributed by atoms with Crippen LogP contribution in [-0.4, -0.2) is 40.5 Å². The van der Waals surface area contributed by atoms with E-state index >= 15 is 0 Å². The molecule has 3 N–H and O–H groups in total. The van der Waals surface area contributed by atoms with Crippen LogP contribution in [0.25, 0.3) is 10.9 Å². The average molecular weight is 386 g/mol. The number of benzene rings is 1. The number of nitrogens with one attached hydrogen (secondary N) is 1. The molecular weight excluding hydrogens is 360 g/mol. The van der Waals surface area contributed by atoms with Gasteiger partial charge in [-0.1, -0.05) is 13.3 Å². The smallest absolute Gasteiger partial charge is 0.222 e. The van der Waals surface area contributed by atoms with Crippen molar-refractivity contribution in [2.24, 2.45) is 7.05 Å². The van der Waals surface area contributed by atoms with Crippen LogP contribution in [0.15, 0.2) is 18.3 Å². The van der Waals surface area contributed by atoms with E-state index in [4.69, 9.17) is 19.9 Å². The second-order valence-electron chi connectivity index (χ2n) is 6.30. The number of ether oxygens (including phenoxy) is 3. The average Bonchev–Trinajstić information content (AvgIpc) is 3.01. The molecular formula is C19H26N6O3. The van der Waals surface area contributed by atoms with Crippen molar-refractivity contribution < 1.29 is 14.2 Å². The third kappa shape index (κ3) is 4.03. The van der Waals surface area contributed by atoms with Crippen molar-refractivity contribution in [1.82, 2.24) is 19.7 Å². The van der Waals surface area contributed by atoms with Crippen LogP contribution in [0, 0.1) is 0 Å². The van der Waals surface area contributed by atoms with Crippen LogP contribution in [0.2, 0.25) is 0 Å². The molecule has 3 rings (SSSR count). The second-order valence-corrected chi connectivity index (χ2v) is 6.30. The highest BCUT2D eigenvalue weighted by atomic mass is 16.5. The molecule has 28 heavy (non-hydrogen) atoms. The molecule has 1 aromatic carbocycles. The molecule has 0 aliphatic heterocycles. The Hall–Kier alpha value is -3.23. The summed E-state index contributed by atoms with van der Waals surface area (Å²) >= 11 is 0. The molecule has 0 bridgehead atoms. The van der Waals surface area contributed by atoms with Gasteiger partial charge in [0.25, 0.3) is 0 Å². The molecule has 0 spiro atoms. The van der Waals surface area contributed by atoms with Gasteiger partial charge in [0.05, 0.1) is 25.9 Å². The Morgan fingerprint density at radius 1 is 1.14 bits per heavy atom. The molecule has 0 fully saturated rings. The molecule has 0 aliphatic rings. The minimum absolute atomic E-state index is 0.200. The van der Waals surface area contributed by atoms with Gasteiger partial charge in [-0.25, -0.2) is 4.98 Å². The van der Waals surface area contributed by atoms with Gasteiger partial charge in [-0.05, 0) is 12.5 Å². The molecule has 9 nitrogen and oxygen atoms in total. The zero-order valence-corrected chi connectivity index (χ0v) is 16.7. The number of methoxy groups -OCH3 is 2. The summed E-state index contributed by atoms with van der Waals surface area (Å²) < 4.78 is 18.5. The van der Waals surface area contributed by atoms with E-state index < -0.39 is 0 Å². The minimum atomic E-state index is 0.200. The van der Waals surface area contributed by atoms with Crippen molar-refractivity contribution in [3.8, 4) is 17.2 Å². The zero-order chi connectivity index (χ0) is 20.1. The maximum absolute atomic E-state index is 5.97. The highest BCUT2D eigenvalue weighted by molar-refractivity contribution is 5.85. The third-order valence-electron chi connectivity index (χ3n) is 4.39. The summed E-state index contributed by atoms with van der Waals surface area (Å²) in [4.78, 5) is 8.28. The summed E-state index contributed by atoms with van der Waals surface area (Å²) in [6, 6.07) is 3.80. The van der Waals surface area contributed by atoms with E-state index in [0.717, 1.165) is 36.0 Å². The van der Waals surface area contributed by atoms with Gasteiger partial charge in [0.2, 0.25) is 5.95 Å². The highest BCUT2D eigenvalue weighted by Gasteiger charge is 2.16. The first-order chi connectivity index (χ1) is 13.6. The number of aryl methyl sites for hydroxylation is 1. The number of anilines is 2. The molecule has 0 atom stereocenters. The van der Waals surface area contributed by atoms with Crippen molar-refractivity contribution in [1.29, 1.82) is 0 Å². The largest absolute Gasteiger partial charge is 0.493 e. The normalized spacial score (nSPS) is 10.9. The van der Waals surface area contributed by atoms with E-state index in [1.807, 2.05) is 19.2 Å². The fourth-order valence-corrected chi connectivity index (χ4v) is 2.91. The van der Waals surface area contributed by atoms with E-state index in [2.05, 4.69) is 27.3 Å². The summed E-state index contributed by atoms with van der Waals surface area (Å²) in [7, 11) is 5.09. The number of hydrogen-bond donors (Lipinski definition) is 2. The number of rotatable bonds is 9. The Balaban J connectivity index is 1.86. The topological polar surface area (TPSA) is 109 Å². The van der Waals surface area contributed by atoms with E-state index in [1.54, 1.807) is 25.1 Å². The maximum Gasteiger partial charge on any atom is 0.222 e. The predicted octanol–water partition coefficient (Wildman–Crippen LogP) is 2.75. The fraction of sp³-hybridized carbons (Fsp3) is 0.421. The number of nitrogen functional groups attached to an aromatic ring is 1. The lowest BCUT2D eigenvalue weighted by atomic mass is 10.2. The van der Waals surface area contributed by atoms with Crippen LogP contribution in [-0.2, 0) is 13.7 Å². The molecule has 0 amide bonds. The van der Waals surface area contributed by atoms with Crippen molar-refractivity contribution in [2.75, 3.05) is 31.8 Å². The lowest BCUT2D eigenvalue weighted by Crippen LogP contribution is -2.09. The van der Waals surface area contributed by atoms with Crippen LogP contribution in [0.4, 0.5) is 11.8 Å². The van der Waals surface area contributed by atoms with Gasteiger partial charge >= 0.3 is 0 Å². The van der Waals surface area contributed by atoms with Crippen LogP contribution < -0.4 is 25.3 Å². The molecule has 150 valence electrons. The number of aromatic nitrogens is 4. The van der Waals surface area contributed by atoms with E-state index in [0.29, 0.717) is 23.1 Å². The van der Waals surface area contributed by atoms with Crippen LogP contribution in [0.5, 0.6) is 17.2 Å². The molecule has 0 saturated heterocycles.